The summed E-state index contributed by atoms with van der Waals surface area (Å²) in [4.78, 5) is 0. The summed E-state index contributed by atoms with van der Waals surface area (Å²) < 4.78 is 1.91. The molecule has 0 spiro atoms. The molecule has 15 heavy (non-hydrogen) atoms. The first kappa shape index (κ1) is 10.5. The van der Waals surface area contributed by atoms with E-state index in [4.69, 9.17) is 0 Å². The zero-order chi connectivity index (χ0) is 10.8. The van der Waals surface area contributed by atoms with Crippen molar-refractivity contribution in [3.05, 3.63) is 11.8 Å². The Morgan fingerprint density at radius 1 is 1.67 bits per heavy atom. The fraction of sp³-hybridized carbons (Fsp3) is 0.727. The molecule has 0 bridgehead atoms. The van der Waals surface area contributed by atoms with Gasteiger partial charge in [0.15, 0.2) is 0 Å². The first-order valence-electron chi connectivity index (χ1n) is 5.64. The maximum absolute atomic E-state index is 4.31. The molecule has 4 heteroatoms. The standard InChI is InChI=1S/C11H20N4/c1-8-6-11(15(3)14-8)13-7-10-4-5-12-9(10)2/h6,9-10,12-13H,4-5,7H2,1-3H3. The second kappa shape index (κ2) is 4.23. The highest BCUT2D eigenvalue weighted by Crippen LogP contribution is 2.16. The van der Waals surface area contributed by atoms with Crippen LogP contribution in [0.25, 0.3) is 0 Å². The van der Waals surface area contributed by atoms with E-state index in [9.17, 15) is 0 Å². The minimum Gasteiger partial charge on any atom is -0.370 e. The first-order chi connectivity index (χ1) is 7.16. The molecule has 0 saturated carbocycles. The highest BCUT2D eigenvalue weighted by molar-refractivity contribution is 5.36. The molecule has 1 aliphatic rings. The maximum atomic E-state index is 4.31. The molecule has 84 valence electrons. The highest BCUT2D eigenvalue weighted by Gasteiger charge is 2.22. The Morgan fingerprint density at radius 3 is 3.00 bits per heavy atom. The Balaban J connectivity index is 1.90. The van der Waals surface area contributed by atoms with Gasteiger partial charge in [-0.2, -0.15) is 5.10 Å². The lowest BCUT2D eigenvalue weighted by Gasteiger charge is -2.16. The van der Waals surface area contributed by atoms with Crippen LogP contribution in [0.2, 0.25) is 0 Å². The van der Waals surface area contributed by atoms with Gasteiger partial charge in [-0.1, -0.05) is 0 Å². The normalized spacial score (nSPS) is 25.8. The van der Waals surface area contributed by atoms with E-state index in [-0.39, 0.29) is 0 Å². The molecule has 1 aromatic rings. The van der Waals surface area contributed by atoms with E-state index in [0.717, 1.165) is 30.5 Å². The average Bonchev–Trinajstić information content (AvgIpc) is 2.70. The smallest absolute Gasteiger partial charge is 0.124 e. The number of hydrogen-bond acceptors (Lipinski definition) is 3. The average molecular weight is 208 g/mol. The molecule has 2 heterocycles. The molecular weight excluding hydrogens is 188 g/mol. The third-order valence-corrected chi connectivity index (χ3v) is 3.24. The van der Waals surface area contributed by atoms with Gasteiger partial charge in [-0.3, -0.25) is 4.68 Å². The largest absolute Gasteiger partial charge is 0.370 e. The van der Waals surface area contributed by atoms with Crippen molar-refractivity contribution in [1.82, 2.24) is 15.1 Å². The van der Waals surface area contributed by atoms with Crippen LogP contribution < -0.4 is 10.6 Å². The summed E-state index contributed by atoms with van der Waals surface area (Å²) in [6.45, 7) is 6.46. The van der Waals surface area contributed by atoms with E-state index in [0.29, 0.717) is 6.04 Å². The Labute approximate surface area is 91.1 Å². The quantitative estimate of drug-likeness (QED) is 0.782. The monoisotopic (exact) mass is 208 g/mol. The molecule has 2 N–H and O–H groups in total. The van der Waals surface area contributed by atoms with Crippen molar-refractivity contribution in [1.29, 1.82) is 0 Å². The van der Waals surface area contributed by atoms with Gasteiger partial charge in [-0.25, -0.2) is 0 Å². The van der Waals surface area contributed by atoms with Crippen LogP contribution >= 0.6 is 0 Å². The van der Waals surface area contributed by atoms with Crippen LogP contribution in [0.15, 0.2) is 6.07 Å². The number of hydrogen-bond donors (Lipinski definition) is 2. The zero-order valence-electron chi connectivity index (χ0n) is 9.75. The first-order valence-corrected chi connectivity index (χ1v) is 5.64. The summed E-state index contributed by atoms with van der Waals surface area (Å²) >= 11 is 0. The van der Waals surface area contributed by atoms with Crippen LogP contribution in [0, 0.1) is 12.8 Å². The molecule has 4 nitrogen and oxygen atoms in total. The van der Waals surface area contributed by atoms with Crippen LogP contribution in [0.3, 0.4) is 0 Å². The molecule has 0 amide bonds. The van der Waals surface area contributed by atoms with Crippen LogP contribution in [-0.4, -0.2) is 28.9 Å². The second-order valence-electron chi connectivity index (χ2n) is 4.47. The summed E-state index contributed by atoms with van der Waals surface area (Å²) in [6.07, 6.45) is 1.27. The summed E-state index contributed by atoms with van der Waals surface area (Å²) in [5.41, 5.74) is 1.07. The van der Waals surface area contributed by atoms with Crippen molar-refractivity contribution < 1.29 is 0 Å². The molecule has 2 unspecified atom stereocenters. The number of nitrogens with zero attached hydrogens (tertiary/aromatic N) is 2. The zero-order valence-corrected chi connectivity index (χ0v) is 9.75. The summed E-state index contributed by atoms with van der Waals surface area (Å²) in [5, 5.41) is 11.2. The molecule has 1 fully saturated rings. The predicted molar refractivity (Wildman–Crippen MR) is 62.0 cm³/mol. The summed E-state index contributed by atoms with van der Waals surface area (Å²) in [6, 6.07) is 2.72. The van der Waals surface area contributed by atoms with Crippen molar-refractivity contribution in [3.8, 4) is 0 Å². The molecule has 1 aromatic heterocycles. The Hall–Kier alpha value is -1.03. The lowest BCUT2D eigenvalue weighted by Crippen LogP contribution is -2.27. The van der Waals surface area contributed by atoms with Gasteiger partial charge in [-0.05, 0) is 32.7 Å². The summed E-state index contributed by atoms with van der Waals surface area (Å²) in [5.74, 6) is 1.85. The molecule has 1 aliphatic heterocycles. The molecule has 0 aliphatic carbocycles. The summed E-state index contributed by atoms with van der Waals surface area (Å²) in [7, 11) is 1.98. The van der Waals surface area contributed by atoms with Gasteiger partial charge in [0.05, 0.1) is 5.69 Å². The number of aryl methyl sites for hydroxylation is 2. The molecular formula is C11H20N4. The van der Waals surface area contributed by atoms with Gasteiger partial charge in [-0.15, -0.1) is 0 Å². The lowest BCUT2D eigenvalue weighted by molar-refractivity contribution is 0.497. The molecule has 2 atom stereocenters. The van der Waals surface area contributed by atoms with E-state index >= 15 is 0 Å². The van der Waals surface area contributed by atoms with Crippen LogP contribution in [0.4, 0.5) is 5.82 Å². The van der Waals surface area contributed by atoms with Crippen LogP contribution in [0.1, 0.15) is 19.0 Å². The third kappa shape index (κ3) is 2.31. The number of rotatable bonds is 3. The van der Waals surface area contributed by atoms with Crippen molar-refractivity contribution in [3.63, 3.8) is 0 Å². The van der Waals surface area contributed by atoms with Gasteiger partial charge < -0.3 is 10.6 Å². The van der Waals surface area contributed by atoms with Gasteiger partial charge in [0.1, 0.15) is 5.82 Å². The third-order valence-electron chi connectivity index (χ3n) is 3.24. The van der Waals surface area contributed by atoms with E-state index in [1.807, 2.05) is 18.7 Å². The predicted octanol–water partition coefficient (Wildman–Crippen LogP) is 1.14. The van der Waals surface area contributed by atoms with Gasteiger partial charge in [0, 0.05) is 25.7 Å². The lowest BCUT2D eigenvalue weighted by atomic mass is 10.0. The van der Waals surface area contributed by atoms with E-state index in [1.165, 1.54) is 6.42 Å². The second-order valence-corrected chi connectivity index (χ2v) is 4.47. The van der Waals surface area contributed by atoms with Crippen LogP contribution in [-0.2, 0) is 7.05 Å². The van der Waals surface area contributed by atoms with Crippen molar-refractivity contribution in [2.24, 2.45) is 13.0 Å². The van der Waals surface area contributed by atoms with E-state index < -0.39 is 0 Å². The van der Waals surface area contributed by atoms with Crippen molar-refractivity contribution in [2.75, 3.05) is 18.4 Å². The number of aromatic nitrogens is 2. The maximum Gasteiger partial charge on any atom is 0.124 e. The topological polar surface area (TPSA) is 41.9 Å². The molecule has 0 aromatic carbocycles. The molecule has 1 saturated heterocycles. The Morgan fingerprint density at radius 2 is 2.47 bits per heavy atom. The fourth-order valence-corrected chi connectivity index (χ4v) is 2.20. The number of nitrogens with one attached hydrogen (secondary N) is 2. The molecule has 2 rings (SSSR count). The molecule has 0 radical (unpaired) electrons. The fourth-order valence-electron chi connectivity index (χ4n) is 2.20. The van der Waals surface area contributed by atoms with Gasteiger partial charge in [0.2, 0.25) is 0 Å². The Kier molecular flexibility index (Phi) is 2.95. The van der Waals surface area contributed by atoms with Crippen molar-refractivity contribution in [2.45, 2.75) is 26.3 Å². The van der Waals surface area contributed by atoms with Gasteiger partial charge in [0.25, 0.3) is 0 Å². The Bertz CT molecular complexity index is 331. The van der Waals surface area contributed by atoms with E-state index in [1.54, 1.807) is 0 Å². The minimum absolute atomic E-state index is 0.631. The van der Waals surface area contributed by atoms with E-state index in [2.05, 4.69) is 28.7 Å². The van der Waals surface area contributed by atoms with Gasteiger partial charge >= 0.3 is 0 Å². The minimum atomic E-state index is 0.631. The SMILES string of the molecule is Cc1cc(NCC2CCNC2C)n(C)n1. The highest BCUT2D eigenvalue weighted by atomic mass is 15.3. The van der Waals surface area contributed by atoms with Crippen LogP contribution in [0.5, 0.6) is 0 Å². The number of anilines is 1. The van der Waals surface area contributed by atoms with Crippen molar-refractivity contribution >= 4 is 5.82 Å².